The van der Waals surface area contributed by atoms with Gasteiger partial charge >= 0.3 is 0 Å². The van der Waals surface area contributed by atoms with E-state index < -0.39 is 17.7 Å². The van der Waals surface area contributed by atoms with Gasteiger partial charge in [-0.1, -0.05) is 55.7 Å². The zero-order valence-electron chi connectivity index (χ0n) is 17.2. The summed E-state index contributed by atoms with van der Waals surface area (Å²) in [4.78, 5) is 32.2. The molecule has 1 saturated carbocycles. The van der Waals surface area contributed by atoms with E-state index in [9.17, 15) is 14.7 Å². The highest BCUT2D eigenvalue weighted by molar-refractivity contribution is 6.46. The number of Topliss-reactive ketones (excluding diaryl/α,β-unsaturated/α-hetero) is 1. The van der Waals surface area contributed by atoms with Gasteiger partial charge < -0.3 is 10.0 Å². The first-order chi connectivity index (χ1) is 15.1. The summed E-state index contributed by atoms with van der Waals surface area (Å²) in [5, 5.41) is 13.3. The van der Waals surface area contributed by atoms with Crippen molar-refractivity contribution in [2.45, 2.75) is 44.2 Å². The number of likely N-dealkylation sites (tertiary alicyclic amines) is 1. The number of aliphatic hydroxyl groups excluding tert-OH is 1. The number of fused-ring (bicyclic) bond motifs is 1. The maximum absolute atomic E-state index is 13.2. The molecule has 5 rings (SSSR count). The molecule has 31 heavy (non-hydrogen) atoms. The Labute approximate surface area is 181 Å². The molecule has 1 aromatic heterocycles. The van der Waals surface area contributed by atoms with Gasteiger partial charge in [0.1, 0.15) is 5.76 Å². The zero-order chi connectivity index (χ0) is 21.4. The molecule has 5 heteroatoms. The molecule has 3 aromatic rings. The Morgan fingerprint density at radius 3 is 2.35 bits per heavy atom. The number of rotatable bonds is 3. The van der Waals surface area contributed by atoms with Crippen molar-refractivity contribution in [2.24, 2.45) is 0 Å². The van der Waals surface area contributed by atoms with Crippen LogP contribution in [-0.2, 0) is 9.59 Å². The molecule has 2 fully saturated rings. The zero-order valence-corrected chi connectivity index (χ0v) is 17.2. The second-order valence-electron chi connectivity index (χ2n) is 8.34. The first kappa shape index (κ1) is 19.5. The summed E-state index contributed by atoms with van der Waals surface area (Å²) < 4.78 is 0. The van der Waals surface area contributed by atoms with Gasteiger partial charge in [0.05, 0.1) is 11.6 Å². The lowest BCUT2D eigenvalue weighted by molar-refractivity contribution is -0.141. The lowest BCUT2D eigenvalue weighted by Crippen LogP contribution is -2.40. The van der Waals surface area contributed by atoms with Gasteiger partial charge in [0, 0.05) is 24.0 Å². The Hall–Kier alpha value is -3.47. The van der Waals surface area contributed by atoms with Crippen LogP contribution in [-0.4, -0.2) is 32.7 Å². The molecule has 1 atom stereocenters. The van der Waals surface area contributed by atoms with Crippen molar-refractivity contribution < 1.29 is 14.7 Å². The average molecular weight is 412 g/mol. The Bertz CT molecular complexity index is 1180. The average Bonchev–Trinajstić information content (AvgIpc) is 3.10. The number of benzene rings is 2. The molecule has 2 aliphatic rings. The molecule has 0 radical (unpaired) electrons. The second kappa shape index (κ2) is 7.99. The minimum absolute atomic E-state index is 0.00488. The van der Waals surface area contributed by atoms with E-state index >= 15 is 0 Å². The molecule has 1 saturated heterocycles. The molecule has 1 N–H and O–H groups in total. The molecule has 1 aliphatic heterocycles. The first-order valence-corrected chi connectivity index (χ1v) is 10.8. The minimum atomic E-state index is -0.613. The summed E-state index contributed by atoms with van der Waals surface area (Å²) in [6.45, 7) is 0. The highest BCUT2D eigenvalue weighted by atomic mass is 16.3. The number of carbonyl (C=O) groups excluding carboxylic acids is 2. The maximum atomic E-state index is 13.2. The third kappa shape index (κ3) is 3.40. The summed E-state index contributed by atoms with van der Waals surface area (Å²) in [7, 11) is 0. The van der Waals surface area contributed by atoms with Gasteiger partial charge in [-0.05, 0) is 47.4 Å². The van der Waals surface area contributed by atoms with Gasteiger partial charge in [0.15, 0.2) is 0 Å². The summed E-state index contributed by atoms with van der Waals surface area (Å²) in [5.74, 6) is -1.25. The van der Waals surface area contributed by atoms with Gasteiger partial charge in [-0.2, -0.15) is 0 Å². The highest BCUT2D eigenvalue weighted by Gasteiger charge is 2.48. The summed E-state index contributed by atoms with van der Waals surface area (Å²) in [6.07, 6.45) is 8.31. The van der Waals surface area contributed by atoms with Crippen molar-refractivity contribution in [3.63, 3.8) is 0 Å². The predicted molar refractivity (Wildman–Crippen MR) is 119 cm³/mol. The smallest absolute Gasteiger partial charge is 0.295 e. The lowest BCUT2D eigenvalue weighted by Gasteiger charge is -2.35. The Morgan fingerprint density at radius 1 is 0.903 bits per heavy atom. The number of hydrogen-bond acceptors (Lipinski definition) is 4. The van der Waals surface area contributed by atoms with Crippen molar-refractivity contribution in [1.82, 2.24) is 9.88 Å². The second-order valence-corrected chi connectivity index (χ2v) is 8.34. The van der Waals surface area contributed by atoms with Gasteiger partial charge in [-0.25, -0.2) is 0 Å². The largest absolute Gasteiger partial charge is 0.507 e. The molecular weight excluding hydrogens is 388 g/mol. The van der Waals surface area contributed by atoms with Crippen LogP contribution in [0.2, 0.25) is 0 Å². The molecule has 5 nitrogen and oxygen atoms in total. The van der Waals surface area contributed by atoms with Crippen LogP contribution in [0.15, 0.2) is 72.6 Å². The molecule has 2 aromatic carbocycles. The topological polar surface area (TPSA) is 70.5 Å². The molecule has 0 bridgehead atoms. The normalized spacial score (nSPS) is 21.7. The number of pyridine rings is 1. The monoisotopic (exact) mass is 412 g/mol. The van der Waals surface area contributed by atoms with Gasteiger partial charge in [0.25, 0.3) is 11.7 Å². The molecule has 1 aliphatic carbocycles. The minimum Gasteiger partial charge on any atom is -0.507 e. The number of hydrogen-bond donors (Lipinski definition) is 1. The fraction of sp³-hybridized carbons (Fsp3) is 0.269. The summed E-state index contributed by atoms with van der Waals surface area (Å²) >= 11 is 0. The van der Waals surface area contributed by atoms with Crippen LogP contribution in [0.25, 0.3) is 16.5 Å². The van der Waals surface area contributed by atoms with Crippen LogP contribution in [0, 0.1) is 0 Å². The van der Waals surface area contributed by atoms with Crippen LogP contribution in [0.4, 0.5) is 0 Å². The van der Waals surface area contributed by atoms with Crippen molar-refractivity contribution in [3.8, 4) is 0 Å². The van der Waals surface area contributed by atoms with Gasteiger partial charge in [0.2, 0.25) is 0 Å². The molecule has 1 amide bonds. The van der Waals surface area contributed by atoms with Crippen LogP contribution >= 0.6 is 0 Å². The van der Waals surface area contributed by atoms with Gasteiger partial charge in [-0.3, -0.25) is 14.6 Å². The Balaban J connectivity index is 1.67. The highest BCUT2D eigenvalue weighted by Crippen LogP contribution is 2.43. The summed E-state index contributed by atoms with van der Waals surface area (Å²) in [5.41, 5.74) is 1.50. The Morgan fingerprint density at radius 2 is 1.61 bits per heavy atom. The quantitative estimate of drug-likeness (QED) is 0.374. The van der Waals surface area contributed by atoms with Crippen molar-refractivity contribution in [2.75, 3.05) is 0 Å². The van der Waals surface area contributed by atoms with Crippen molar-refractivity contribution in [1.29, 1.82) is 0 Å². The summed E-state index contributed by atoms with van der Waals surface area (Å²) in [6, 6.07) is 16.5. The fourth-order valence-electron chi connectivity index (χ4n) is 4.95. The van der Waals surface area contributed by atoms with Crippen LogP contribution in [0.3, 0.4) is 0 Å². The van der Waals surface area contributed by atoms with E-state index in [-0.39, 0.29) is 17.4 Å². The number of carbonyl (C=O) groups is 2. The van der Waals surface area contributed by atoms with Crippen molar-refractivity contribution >= 4 is 28.2 Å². The van der Waals surface area contributed by atoms with E-state index in [1.807, 2.05) is 48.5 Å². The predicted octanol–water partition coefficient (Wildman–Crippen LogP) is 4.99. The van der Waals surface area contributed by atoms with E-state index in [4.69, 9.17) is 0 Å². The lowest BCUT2D eigenvalue weighted by atomic mass is 9.91. The molecular formula is C26H24N2O3. The first-order valence-electron chi connectivity index (χ1n) is 10.8. The SMILES string of the molecule is O=C1C(=O)N(C2CCCCC2)C(c2ccncc2)/C1=C(/O)c1ccc2ccccc2c1. The number of ketones is 1. The standard InChI is InChI=1S/C26H24N2O3/c29-24(20-11-10-17-6-4-5-7-19(17)16-20)22-23(18-12-14-27-15-13-18)28(26(31)25(22)30)21-8-2-1-3-9-21/h4-7,10-16,21,23,29H,1-3,8-9H2/b24-22-. The van der Waals surface area contributed by atoms with Crippen LogP contribution in [0.5, 0.6) is 0 Å². The molecule has 2 heterocycles. The number of aromatic nitrogens is 1. The molecule has 1 unspecified atom stereocenters. The number of nitrogens with zero attached hydrogens (tertiary/aromatic N) is 2. The maximum Gasteiger partial charge on any atom is 0.295 e. The fourth-order valence-corrected chi connectivity index (χ4v) is 4.95. The van der Waals surface area contributed by atoms with E-state index in [1.165, 1.54) is 0 Å². The van der Waals surface area contributed by atoms with Crippen molar-refractivity contribution in [3.05, 3.63) is 83.7 Å². The van der Waals surface area contributed by atoms with E-state index in [0.29, 0.717) is 5.56 Å². The van der Waals surface area contributed by atoms with E-state index in [0.717, 1.165) is 48.4 Å². The number of aliphatic hydroxyl groups is 1. The third-order valence-electron chi connectivity index (χ3n) is 6.49. The van der Waals surface area contributed by atoms with E-state index in [2.05, 4.69) is 4.98 Å². The van der Waals surface area contributed by atoms with Crippen LogP contribution < -0.4 is 0 Å². The molecule has 0 spiro atoms. The Kier molecular flexibility index (Phi) is 5.02. The van der Waals surface area contributed by atoms with E-state index in [1.54, 1.807) is 23.4 Å². The molecule has 156 valence electrons. The van der Waals surface area contributed by atoms with Crippen LogP contribution in [0.1, 0.15) is 49.3 Å². The number of amides is 1. The third-order valence-corrected chi connectivity index (χ3v) is 6.49. The van der Waals surface area contributed by atoms with Gasteiger partial charge in [-0.15, -0.1) is 0 Å².